The summed E-state index contributed by atoms with van der Waals surface area (Å²) in [6, 6.07) is 11.9. The third kappa shape index (κ3) is 5.31. The van der Waals surface area contributed by atoms with E-state index in [1.807, 2.05) is 30.3 Å². The van der Waals surface area contributed by atoms with Gasteiger partial charge in [-0.1, -0.05) is 32.0 Å². The Hall–Kier alpha value is -1.89. The second kappa shape index (κ2) is 9.35. The lowest BCUT2D eigenvalue weighted by Gasteiger charge is -2.33. The van der Waals surface area contributed by atoms with Gasteiger partial charge in [-0.05, 0) is 29.7 Å². The van der Waals surface area contributed by atoms with Crippen LogP contribution in [-0.2, 0) is 0 Å². The average Bonchev–Trinajstić information content (AvgIpc) is 3.16. The number of aliphatic hydroxyl groups is 1. The maximum Gasteiger partial charge on any atom is 0.160 e. The number of hydrogen-bond acceptors (Lipinski definition) is 5. The lowest BCUT2D eigenvalue weighted by atomic mass is 10.0. The fourth-order valence-corrected chi connectivity index (χ4v) is 4.36. The summed E-state index contributed by atoms with van der Waals surface area (Å²) < 4.78 is 5.90. The molecule has 0 amide bonds. The number of carbonyl (C=O) groups is 1. The highest BCUT2D eigenvalue weighted by atomic mass is 32.1. The Balaban J connectivity index is 1.44. The molecule has 5 nitrogen and oxygen atoms in total. The van der Waals surface area contributed by atoms with E-state index in [9.17, 15) is 9.90 Å². The summed E-state index contributed by atoms with van der Waals surface area (Å²) in [7, 11) is 0. The molecule has 0 radical (unpaired) electrons. The number of nitrogens with zero attached hydrogens (tertiary/aromatic N) is 1. The molecule has 1 atom stereocenters. The van der Waals surface area contributed by atoms with E-state index in [-0.39, 0.29) is 0 Å². The highest BCUT2D eigenvalue weighted by molar-refractivity contribution is 7.17. The van der Waals surface area contributed by atoms with Crippen LogP contribution in [0.2, 0.25) is 0 Å². The van der Waals surface area contributed by atoms with Crippen molar-refractivity contribution in [3.8, 4) is 5.75 Å². The van der Waals surface area contributed by atoms with Crippen LogP contribution < -0.4 is 14.5 Å². The van der Waals surface area contributed by atoms with Crippen LogP contribution in [0.5, 0.6) is 5.75 Å². The molecule has 1 aliphatic rings. The van der Waals surface area contributed by atoms with Crippen molar-refractivity contribution in [3.63, 3.8) is 0 Å². The van der Waals surface area contributed by atoms with Crippen LogP contribution in [0.25, 0.3) is 0 Å². The summed E-state index contributed by atoms with van der Waals surface area (Å²) in [5, 5.41) is 11.6. The molecule has 27 heavy (non-hydrogen) atoms. The number of para-hydroxylation sites is 1. The molecule has 1 aliphatic heterocycles. The van der Waals surface area contributed by atoms with Crippen LogP contribution in [0, 0.1) is 0 Å². The van der Waals surface area contributed by atoms with E-state index in [1.54, 1.807) is 11.3 Å². The van der Waals surface area contributed by atoms with Gasteiger partial charge in [-0.15, -0.1) is 11.3 Å². The number of quaternary nitrogens is 1. The van der Waals surface area contributed by atoms with Crippen molar-refractivity contribution in [3.05, 3.63) is 46.8 Å². The summed E-state index contributed by atoms with van der Waals surface area (Å²) in [4.78, 5) is 15.3. The Kier molecular flexibility index (Phi) is 6.88. The SMILES string of the molecule is CC(C)c1ccccc1OC[C@H](O)C[NH+]1CCN(c2ccc(C=O)s2)CC1. The smallest absolute Gasteiger partial charge is 0.160 e. The van der Waals surface area contributed by atoms with Gasteiger partial charge in [0.15, 0.2) is 6.29 Å². The molecule has 2 N–H and O–H groups in total. The van der Waals surface area contributed by atoms with Crippen molar-refractivity contribution in [2.24, 2.45) is 0 Å². The first-order chi connectivity index (χ1) is 13.1. The average molecular weight is 390 g/mol. The molecule has 0 bridgehead atoms. The molecule has 0 saturated carbocycles. The molecule has 2 heterocycles. The lowest BCUT2D eigenvalue weighted by molar-refractivity contribution is -0.903. The Morgan fingerprint density at radius 2 is 1.96 bits per heavy atom. The van der Waals surface area contributed by atoms with Crippen LogP contribution in [0.3, 0.4) is 0 Å². The van der Waals surface area contributed by atoms with Crippen molar-refractivity contribution in [1.82, 2.24) is 0 Å². The molecule has 0 spiro atoms. The van der Waals surface area contributed by atoms with Gasteiger partial charge in [0.05, 0.1) is 36.1 Å². The third-order valence-corrected chi connectivity index (χ3v) is 6.08. The Labute approximate surface area is 165 Å². The summed E-state index contributed by atoms with van der Waals surface area (Å²) >= 11 is 1.54. The lowest BCUT2D eigenvalue weighted by Crippen LogP contribution is -3.16. The maximum absolute atomic E-state index is 10.8. The molecule has 1 aromatic heterocycles. The van der Waals surface area contributed by atoms with Crippen LogP contribution in [-0.4, -0.2) is 56.8 Å². The molecule has 1 fully saturated rings. The van der Waals surface area contributed by atoms with E-state index in [2.05, 4.69) is 24.8 Å². The number of aldehydes is 1. The zero-order chi connectivity index (χ0) is 19.2. The van der Waals surface area contributed by atoms with Crippen molar-refractivity contribution < 1.29 is 19.5 Å². The van der Waals surface area contributed by atoms with E-state index in [4.69, 9.17) is 4.74 Å². The number of aliphatic hydroxyl groups excluding tert-OH is 1. The second-order valence-corrected chi connectivity index (χ2v) is 8.49. The fraction of sp³-hybridized carbons (Fsp3) is 0.476. The molecule has 6 heteroatoms. The topological polar surface area (TPSA) is 54.2 Å². The Morgan fingerprint density at radius 3 is 2.63 bits per heavy atom. The van der Waals surface area contributed by atoms with Gasteiger partial charge in [0.2, 0.25) is 0 Å². The predicted molar refractivity (Wildman–Crippen MR) is 110 cm³/mol. The van der Waals surface area contributed by atoms with Gasteiger partial charge in [-0.3, -0.25) is 4.79 Å². The molecule has 3 rings (SSSR count). The molecule has 146 valence electrons. The minimum absolute atomic E-state index is 0.324. The van der Waals surface area contributed by atoms with Crippen LogP contribution in [0.1, 0.15) is 35.0 Å². The van der Waals surface area contributed by atoms with Gasteiger partial charge in [0.25, 0.3) is 0 Å². The zero-order valence-electron chi connectivity index (χ0n) is 16.1. The molecular formula is C21H29N2O3S+. The van der Waals surface area contributed by atoms with Gasteiger partial charge in [0, 0.05) is 0 Å². The molecule has 1 aromatic carbocycles. The van der Waals surface area contributed by atoms with Gasteiger partial charge in [-0.2, -0.15) is 0 Å². The summed E-state index contributed by atoms with van der Waals surface area (Å²) in [5.41, 5.74) is 1.18. The highest BCUT2D eigenvalue weighted by Gasteiger charge is 2.23. The van der Waals surface area contributed by atoms with Crippen LogP contribution in [0.15, 0.2) is 36.4 Å². The molecule has 2 aromatic rings. The number of anilines is 1. The predicted octanol–water partition coefficient (Wildman–Crippen LogP) is 1.83. The van der Waals surface area contributed by atoms with Gasteiger partial charge in [-0.25, -0.2) is 0 Å². The second-order valence-electron chi connectivity index (χ2n) is 7.39. The normalized spacial score (nSPS) is 16.5. The Morgan fingerprint density at radius 1 is 1.22 bits per heavy atom. The first-order valence-corrected chi connectivity index (χ1v) is 10.4. The number of nitrogens with one attached hydrogen (secondary N) is 1. The molecule has 0 unspecified atom stereocenters. The van der Waals surface area contributed by atoms with E-state index < -0.39 is 6.10 Å². The molecule has 0 aliphatic carbocycles. The minimum atomic E-state index is -0.477. The Bertz CT molecular complexity index is 739. The number of rotatable bonds is 8. The quantitative estimate of drug-likeness (QED) is 0.677. The van der Waals surface area contributed by atoms with E-state index in [1.165, 1.54) is 10.5 Å². The highest BCUT2D eigenvalue weighted by Crippen LogP contribution is 2.26. The standard InChI is InChI=1S/C21H28N2O3S/c1-16(2)19-5-3-4-6-20(19)26-15-17(25)13-22-9-11-23(12-10-22)21-8-7-18(14-24)27-21/h3-8,14,16-17,25H,9-13,15H2,1-2H3/p+1/t17-/m1/s1. The van der Waals surface area contributed by atoms with Gasteiger partial charge >= 0.3 is 0 Å². The monoisotopic (exact) mass is 389 g/mol. The summed E-state index contributed by atoms with van der Waals surface area (Å²) in [5.74, 6) is 1.27. The summed E-state index contributed by atoms with van der Waals surface area (Å²) in [6.07, 6.45) is 0.430. The zero-order valence-corrected chi connectivity index (χ0v) is 16.9. The van der Waals surface area contributed by atoms with Crippen molar-refractivity contribution in [2.45, 2.75) is 25.9 Å². The molecule has 1 saturated heterocycles. The van der Waals surface area contributed by atoms with Crippen molar-refractivity contribution in [1.29, 1.82) is 0 Å². The number of carbonyl (C=O) groups excluding carboxylic acids is 1. The first-order valence-electron chi connectivity index (χ1n) is 9.60. The van der Waals surface area contributed by atoms with E-state index in [0.29, 0.717) is 19.1 Å². The largest absolute Gasteiger partial charge is 0.490 e. The van der Waals surface area contributed by atoms with Gasteiger partial charge in [0.1, 0.15) is 25.0 Å². The minimum Gasteiger partial charge on any atom is -0.490 e. The fourth-order valence-electron chi connectivity index (χ4n) is 3.49. The number of benzene rings is 1. The van der Waals surface area contributed by atoms with Crippen LogP contribution in [0.4, 0.5) is 5.00 Å². The van der Waals surface area contributed by atoms with Crippen LogP contribution >= 0.6 is 11.3 Å². The van der Waals surface area contributed by atoms with E-state index in [0.717, 1.165) is 48.1 Å². The summed E-state index contributed by atoms with van der Waals surface area (Å²) in [6.45, 7) is 9.16. The number of thiophene rings is 1. The third-order valence-electron chi connectivity index (χ3n) is 5.01. The molecular weight excluding hydrogens is 360 g/mol. The number of piperazine rings is 1. The van der Waals surface area contributed by atoms with E-state index >= 15 is 0 Å². The first kappa shape index (κ1) is 19.9. The van der Waals surface area contributed by atoms with Crippen molar-refractivity contribution >= 4 is 22.6 Å². The van der Waals surface area contributed by atoms with Gasteiger partial charge < -0.3 is 19.6 Å². The van der Waals surface area contributed by atoms with Crippen molar-refractivity contribution in [2.75, 3.05) is 44.2 Å². The maximum atomic E-state index is 10.8. The number of ether oxygens (including phenoxy) is 1. The number of hydrogen-bond donors (Lipinski definition) is 2.